The van der Waals surface area contributed by atoms with Crippen LogP contribution in [0.1, 0.15) is 128 Å². The molecule has 0 spiro atoms. The Hall–Kier alpha value is -2.36. The number of nitrogens with one attached hydrogen (secondary N) is 1. The highest BCUT2D eigenvalue weighted by Gasteiger charge is 2.39. The summed E-state index contributed by atoms with van der Waals surface area (Å²) in [6, 6.07) is -0.938. The van der Waals surface area contributed by atoms with Crippen LogP contribution in [-0.4, -0.2) is 74.8 Å². The number of hydrogen-bond donors (Lipinski definition) is 4. The minimum absolute atomic E-state index is 0.0231. The first-order valence-corrected chi connectivity index (χ1v) is 21.3. The van der Waals surface area contributed by atoms with Gasteiger partial charge in [0.05, 0.1) is 32.0 Å². The van der Waals surface area contributed by atoms with Gasteiger partial charge in [-0.3, -0.25) is 27.9 Å². The molecule has 0 saturated carbocycles. The molecule has 52 heavy (non-hydrogen) atoms. The molecule has 2 rings (SSSR count). The summed E-state index contributed by atoms with van der Waals surface area (Å²) < 4.78 is 51.9. The molecule has 0 amide bonds. The zero-order chi connectivity index (χ0) is 38.4. The Morgan fingerprint density at radius 1 is 0.981 bits per heavy atom. The summed E-state index contributed by atoms with van der Waals surface area (Å²) in [5.74, 6) is 0. The third-order valence-electron chi connectivity index (χ3n) is 8.67. The Bertz CT molecular complexity index is 1470. The highest BCUT2D eigenvalue weighted by Crippen LogP contribution is 2.47. The summed E-state index contributed by atoms with van der Waals surface area (Å²) in [7, 11) is -10.1. The Balaban J connectivity index is 1.77. The lowest BCUT2D eigenvalue weighted by Gasteiger charge is -2.23. The van der Waals surface area contributed by atoms with E-state index in [9.17, 15) is 33.3 Å². The van der Waals surface area contributed by atoms with E-state index in [1.54, 1.807) is 0 Å². The number of unbranched alkanes of at least 4 members (excludes halogenated alkanes) is 15. The third kappa shape index (κ3) is 18.1. The highest BCUT2D eigenvalue weighted by atomic mass is 31.2. The summed E-state index contributed by atoms with van der Waals surface area (Å²) in [4.78, 5) is 60.0. The van der Waals surface area contributed by atoms with E-state index >= 15 is 0 Å². The largest absolute Gasteiger partial charge is 0.472 e. The first-order chi connectivity index (χ1) is 24.8. The van der Waals surface area contributed by atoms with Crippen molar-refractivity contribution in [1.29, 1.82) is 0 Å². The number of aryl methyl sites for hydroxylation is 1. The molecule has 0 radical (unpaired) electrons. The SMILES string of the molecule is CCCCCCCCCCCCCCCCCCOC[C@H](COP(=O)(O)C(=O)O)OP(=O)(O)OC[C@H]1O[C@@H](n2cc(C)c(=O)[nH]c2=O)C[C@@H]1N=[N+]=[N-]. The van der Waals surface area contributed by atoms with Gasteiger partial charge in [-0.25, -0.2) is 18.7 Å². The van der Waals surface area contributed by atoms with Crippen LogP contribution in [0.25, 0.3) is 10.4 Å². The van der Waals surface area contributed by atoms with Crippen molar-refractivity contribution in [2.75, 3.05) is 26.4 Å². The van der Waals surface area contributed by atoms with E-state index in [0.29, 0.717) is 6.42 Å². The van der Waals surface area contributed by atoms with Crippen molar-refractivity contribution in [3.63, 3.8) is 0 Å². The quantitative estimate of drug-likeness (QED) is 0.0194. The fraction of sp³-hybridized carbons (Fsp3) is 0.844. The third-order valence-corrected chi connectivity index (χ3v) is 10.7. The van der Waals surface area contributed by atoms with Crippen LogP contribution >= 0.6 is 15.4 Å². The van der Waals surface area contributed by atoms with Gasteiger partial charge in [-0.2, -0.15) is 0 Å². The van der Waals surface area contributed by atoms with Crippen molar-refractivity contribution in [3.8, 4) is 0 Å². The molecule has 1 aliphatic rings. The first kappa shape index (κ1) is 45.8. The smallest absolute Gasteiger partial charge is 0.472 e. The van der Waals surface area contributed by atoms with Crippen molar-refractivity contribution in [1.82, 2.24) is 9.55 Å². The Labute approximate surface area is 304 Å². The Morgan fingerprint density at radius 2 is 1.54 bits per heavy atom. The maximum atomic E-state index is 12.9. The van der Waals surface area contributed by atoms with Crippen LogP contribution < -0.4 is 11.2 Å². The fourth-order valence-electron chi connectivity index (χ4n) is 5.73. The molecule has 0 aromatic carbocycles. The number of carboxylic acid groups (broad SMARTS) is 1. The number of rotatable bonds is 30. The minimum Gasteiger partial charge on any atom is -0.472 e. The lowest BCUT2D eigenvalue weighted by Crippen LogP contribution is -2.33. The second-order valence-electron chi connectivity index (χ2n) is 13.1. The van der Waals surface area contributed by atoms with Crippen LogP contribution in [0.5, 0.6) is 0 Å². The van der Waals surface area contributed by atoms with Crippen LogP contribution in [0, 0.1) is 6.92 Å². The van der Waals surface area contributed by atoms with Gasteiger partial charge in [-0.05, 0) is 18.9 Å². The van der Waals surface area contributed by atoms with Crippen molar-refractivity contribution in [3.05, 3.63) is 43.0 Å². The Morgan fingerprint density at radius 3 is 2.08 bits per heavy atom. The van der Waals surface area contributed by atoms with E-state index in [1.807, 2.05) is 0 Å². The second-order valence-corrected chi connectivity index (χ2v) is 16.2. The molecular formula is C32H57N5O13P2. The number of aromatic nitrogens is 2. The van der Waals surface area contributed by atoms with Crippen LogP contribution in [0.15, 0.2) is 20.9 Å². The number of ether oxygens (including phenoxy) is 2. The van der Waals surface area contributed by atoms with Crippen molar-refractivity contribution >= 4 is 21.1 Å². The molecule has 1 aliphatic heterocycles. The summed E-state index contributed by atoms with van der Waals surface area (Å²) in [6.07, 6.45) is 16.9. The second kappa shape index (κ2) is 24.9. The number of azide groups is 1. The molecule has 18 nitrogen and oxygen atoms in total. The lowest BCUT2D eigenvalue weighted by molar-refractivity contribution is -0.0368. The average molecular weight is 782 g/mol. The molecule has 20 heteroatoms. The highest BCUT2D eigenvalue weighted by molar-refractivity contribution is 7.70. The van der Waals surface area contributed by atoms with Crippen LogP contribution in [0.3, 0.4) is 0 Å². The number of aromatic amines is 1. The monoisotopic (exact) mass is 781 g/mol. The molecule has 1 aromatic rings. The van der Waals surface area contributed by atoms with E-state index in [2.05, 4.69) is 26.5 Å². The van der Waals surface area contributed by atoms with Crippen molar-refractivity contribution in [2.45, 2.75) is 147 Å². The molecule has 1 saturated heterocycles. The molecular weight excluding hydrogens is 724 g/mol. The predicted octanol–water partition coefficient (Wildman–Crippen LogP) is 7.47. The first-order valence-electron chi connectivity index (χ1n) is 18.3. The molecule has 0 bridgehead atoms. The number of H-pyrrole nitrogens is 1. The summed E-state index contributed by atoms with van der Waals surface area (Å²) in [6.45, 7) is 2.05. The van der Waals surface area contributed by atoms with Crippen molar-refractivity contribution in [2.24, 2.45) is 5.11 Å². The summed E-state index contributed by atoms with van der Waals surface area (Å²) in [5, 5.41) is 12.5. The molecule has 1 aromatic heterocycles. The number of nitrogens with zero attached hydrogens (tertiary/aromatic N) is 4. The van der Waals surface area contributed by atoms with E-state index in [4.69, 9.17) is 29.2 Å². The average Bonchev–Trinajstić information content (AvgIpc) is 3.49. The molecule has 1 fully saturated rings. The van der Waals surface area contributed by atoms with Gasteiger partial charge < -0.3 is 24.4 Å². The van der Waals surface area contributed by atoms with E-state index in [0.717, 1.165) is 23.8 Å². The molecule has 2 heterocycles. The predicted molar refractivity (Wildman–Crippen MR) is 192 cm³/mol. The zero-order valence-electron chi connectivity index (χ0n) is 30.3. The van der Waals surface area contributed by atoms with E-state index < -0.39 is 70.1 Å². The maximum Gasteiger partial charge on any atom is 0.472 e. The molecule has 0 aliphatic carbocycles. The topological polar surface area (TPSA) is 262 Å². The number of phosphoric acid groups is 1. The lowest BCUT2D eigenvalue weighted by atomic mass is 10.0. The molecule has 2 unspecified atom stereocenters. The molecule has 6 atom stereocenters. The van der Waals surface area contributed by atoms with Gasteiger partial charge in [0.15, 0.2) is 0 Å². The van der Waals surface area contributed by atoms with Gasteiger partial charge in [0, 0.05) is 29.7 Å². The number of carbonyl (C=O) groups is 1. The van der Waals surface area contributed by atoms with Crippen LogP contribution in [0.4, 0.5) is 4.79 Å². The van der Waals surface area contributed by atoms with Crippen LogP contribution in [-0.2, 0) is 32.2 Å². The minimum atomic E-state index is -5.11. The van der Waals surface area contributed by atoms with Gasteiger partial charge >= 0.3 is 26.8 Å². The standard InChI is InChI=1S/C32H57N5O13P2/c1-3-4-5-6-7-8-9-10-11-12-13-14-15-16-17-18-19-46-22-26(23-47-51(42,43)32(40)41)50-52(44,45)48-24-28-27(35-36-33)20-29(49-28)37-21-25(2)30(38)34-31(37)39/h21,26-29H,3-20,22-24H2,1-2H3,(H,40,41)(H,42,43)(H,44,45)(H,34,38,39)/t26-,27+,28-,29-/m1/s1. The number of phosphoric ester groups is 1. The Kier molecular flexibility index (Phi) is 21.9. The summed E-state index contributed by atoms with van der Waals surface area (Å²) in [5.41, 5.74) is 5.74. The maximum absolute atomic E-state index is 12.9. The fourth-order valence-corrected chi connectivity index (χ4v) is 7.10. The zero-order valence-corrected chi connectivity index (χ0v) is 32.1. The van der Waals surface area contributed by atoms with Crippen molar-refractivity contribution < 1.29 is 51.9 Å². The van der Waals surface area contributed by atoms with Crippen LogP contribution in [0.2, 0.25) is 0 Å². The van der Waals surface area contributed by atoms with Gasteiger partial charge in [0.1, 0.15) is 12.3 Å². The van der Waals surface area contributed by atoms with E-state index in [-0.39, 0.29) is 25.2 Å². The van der Waals surface area contributed by atoms with Gasteiger partial charge in [0.25, 0.3) is 5.56 Å². The summed E-state index contributed by atoms with van der Waals surface area (Å²) >= 11 is 0. The van der Waals surface area contributed by atoms with Gasteiger partial charge in [-0.1, -0.05) is 108 Å². The van der Waals surface area contributed by atoms with Gasteiger partial charge in [0.2, 0.25) is 0 Å². The van der Waals surface area contributed by atoms with Gasteiger partial charge in [-0.15, -0.1) is 0 Å². The molecule has 4 N–H and O–H groups in total. The normalized spacial score (nSPS) is 20.2. The number of hydrogen-bond acceptors (Lipinski definition) is 11. The van der Waals surface area contributed by atoms with E-state index in [1.165, 1.54) is 90.2 Å². The molecule has 298 valence electrons.